The molecule has 4 rings (SSSR count). The van der Waals surface area contributed by atoms with E-state index in [9.17, 15) is 9.59 Å². The van der Waals surface area contributed by atoms with Crippen molar-refractivity contribution >= 4 is 40.9 Å². The Morgan fingerprint density at radius 3 is 2.80 bits per heavy atom. The fourth-order valence-corrected chi connectivity index (χ4v) is 4.69. The number of hydrogen-bond acceptors (Lipinski definition) is 5. The molecule has 2 aliphatic rings. The van der Waals surface area contributed by atoms with Gasteiger partial charge >= 0.3 is 0 Å². The molecule has 0 saturated carbocycles. The van der Waals surface area contributed by atoms with E-state index >= 15 is 0 Å². The molecule has 3 N–H and O–H groups in total. The maximum Gasteiger partial charge on any atom is 0.251 e. The van der Waals surface area contributed by atoms with Crippen molar-refractivity contribution in [3.05, 3.63) is 58.6 Å². The first-order valence-corrected chi connectivity index (χ1v) is 11.3. The summed E-state index contributed by atoms with van der Waals surface area (Å²) in [4.78, 5) is 28.3. The first-order valence-electron chi connectivity index (χ1n) is 9.95. The molecule has 6 nitrogen and oxygen atoms in total. The third-order valence-electron chi connectivity index (χ3n) is 5.34. The molecule has 0 radical (unpaired) electrons. The fraction of sp³-hybridized carbons (Fsp3) is 0.364. The Morgan fingerprint density at radius 1 is 1.27 bits per heavy atom. The Bertz CT molecular complexity index is 932. The number of nitrogens with one attached hydrogen (secondary N) is 1. The van der Waals surface area contributed by atoms with Gasteiger partial charge in [-0.1, -0.05) is 23.7 Å². The molecule has 2 aromatic rings. The smallest absolute Gasteiger partial charge is 0.251 e. The van der Waals surface area contributed by atoms with Crippen LogP contribution in [-0.4, -0.2) is 43.4 Å². The Balaban J connectivity index is 1.59. The van der Waals surface area contributed by atoms with Crippen LogP contribution < -0.4 is 16.0 Å². The van der Waals surface area contributed by atoms with Gasteiger partial charge in [-0.3, -0.25) is 9.59 Å². The summed E-state index contributed by atoms with van der Waals surface area (Å²) < 4.78 is 5.36. The molecule has 1 unspecified atom stereocenters. The molecule has 0 spiro atoms. The molecule has 2 atom stereocenters. The van der Waals surface area contributed by atoms with E-state index in [1.165, 1.54) is 11.8 Å². The summed E-state index contributed by atoms with van der Waals surface area (Å²) >= 11 is 7.53. The van der Waals surface area contributed by atoms with Crippen LogP contribution in [-0.2, 0) is 16.1 Å². The minimum atomic E-state index is -0.602. The minimum Gasteiger partial charge on any atom is -0.381 e. The molecule has 2 aromatic carbocycles. The SMILES string of the molecule is N[C@H]1CSc2ccc(C(=O)NCC3CCOC3)cc2N(Cc2ccc(Cl)cc2)C1=O. The van der Waals surface area contributed by atoms with Gasteiger partial charge in [0.1, 0.15) is 0 Å². The molecule has 0 bridgehead atoms. The lowest BCUT2D eigenvalue weighted by molar-refractivity contribution is -0.119. The van der Waals surface area contributed by atoms with E-state index in [1.807, 2.05) is 18.2 Å². The van der Waals surface area contributed by atoms with Crippen molar-refractivity contribution in [3.63, 3.8) is 0 Å². The van der Waals surface area contributed by atoms with E-state index in [0.29, 0.717) is 47.6 Å². The van der Waals surface area contributed by atoms with E-state index in [1.54, 1.807) is 29.2 Å². The van der Waals surface area contributed by atoms with Crippen LogP contribution in [0.3, 0.4) is 0 Å². The van der Waals surface area contributed by atoms with Crippen molar-refractivity contribution in [2.24, 2.45) is 11.7 Å². The van der Waals surface area contributed by atoms with Crippen molar-refractivity contribution in [1.29, 1.82) is 0 Å². The highest BCUT2D eigenvalue weighted by molar-refractivity contribution is 7.99. The quantitative estimate of drug-likeness (QED) is 0.738. The van der Waals surface area contributed by atoms with E-state index in [0.717, 1.165) is 23.5 Å². The number of thioether (sulfide) groups is 1. The Hall–Kier alpha value is -2.06. The Morgan fingerprint density at radius 2 is 2.07 bits per heavy atom. The molecule has 8 heteroatoms. The van der Waals surface area contributed by atoms with Crippen LogP contribution in [0.4, 0.5) is 5.69 Å². The number of amides is 2. The number of carbonyl (C=O) groups excluding carboxylic acids is 2. The topological polar surface area (TPSA) is 84.7 Å². The van der Waals surface area contributed by atoms with Crippen molar-refractivity contribution in [2.45, 2.75) is 23.9 Å². The number of hydrogen-bond donors (Lipinski definition) is 2. The van der Waals surface area contributed by atoms with Gasteiger partial charge in [-0.2, -0.15) is 0 Å². The lowest BCUT2D eigenvalue weighted by Crippen LogP contribution is -2.44. The second kappa shape index (κ2) is 9.39. The van der Waals surface area contributed by atoms with Crippen molar-refractivity contribution < 1.29 is 14.3 Å². The number of nitrogens with two attached hydrogens (primary N) is 1. The number of rotatable bonds is 5. The van der Waals surface area contributed by atoms with E-state index in [2.05, 4.69) is 5.32 Å². The average Bonchev–Trinajstić information content (AvgIpc) is 3.25. The zero-order chi connectivity index (χ0) is 21.1. The molecule has 0 aromatic heterocycles. The second-order valence-electron chi connectivity index (χ2n) is 7.59. The minimum absolute atomic E-state index is 0.151. The van der Waals surface area contributed by atoms with Gasteiger partial charge in [0.2, 0.25) is 5.91 Å². The number of anilines is 1. The molecule has 0 aliphatic carbocycles. The van der Waals surface area contributed by atoms with E-state index < -0.39 is 6.04 Å². The number of nitrogens with zero attached hydrogens (tertiary/aromatic N) is 1. The summed E-state index contributed by atoms with van der Waals surface area (Å²) in [5.74, 6) is 0.543. The maximum atomic E-state index is 13.0. The summed E-state index contributed by atoms with van der Waals surface area (Å²) in [6.07, 6.45) is 0.961. The monoisotopic (exact) mass is 445 g/mol. The van der Waals surface area contributed by atoms with Gasteiger partial charge in [0, 0.05) is 40.3 Å². The fourth-order valence-electron chi connectivity index (χ4n) is 3.58. The summed E-state index contributed by atoms with van der Waals surface area (Å²) in [5, 5.41) is 3.62. The highest BCUT2D eigenvalue weighted by atomic mass is 35.5. The summed E-state index contributed by atoms with van der Waals surface area (Å²) in [7, 11) is 0. The van der Waals surface area contributed by atoms with Gasteiger partial charge in [0.25, 0.3) is 5.91 Å². The van der Waals surface area contributed by atoms with Gasteiger partial charge in [0.15, 0.2) is 0 Å². The van der Waals surface area contributed by atoms with E-state index in [-0.39, 0.29) is 11.8 Å². The third-order valence-corrected chi connectivity index (χ3v) is 6.78. The molecule has 2 heterocycles. The van der Waals surface area contributed by atoms with Crippen LogP contribution in [0.2, 0.25) is 5.02 Å². The molecule has 158 valence electrons. The van der Waals surface area contributed by atoms with Crippen LogP contribution in [0.15, 0.2) is 47.4 Å². The predicted octanol–water partition coefficient (Wildman–Crippen LogP) is 3.07. The first kappa shape index (κ1) is 21.2. The molecule has 1 fully saturated rings. The Kier molecular flexibility index (Phi) is 6.63. The van der Waals surface area contributed by atoms with Gasteiger partial charge < -0.3 is 20.7 Å². The lowest BCUT2D eigenvalue weighted by atomic mass is 10.1. The van der Waals surface area contributed by atoms with Crippen LogP contribution >= 0.6 is 23.4 Å². The van der Waals surface area contributed by atoms with Gasteiger partial charge in [-0.05, 0) is 42.3 Å². The largest absolute Gasteiger partial charge is 0.381 e. The summed E-state index contributed by atoms with van der Waals surface area (Å²) in [6.45, 7) is 2.38. The molecular formula is C22H24ClN3O3S. The highest BCUT2D eigenvalue weighted by Crippen LogP contribution is 2.36. The first-order chi connectivity index (χ1) is 14.5. The zero-order valence-electron chi connectivity index (χ0n) is 16.5. The van der Waals surface area contributed by atoms with Crippen LogP contribution in [0, 0.1) is 5.92 Å². The normalized spacial score (nSPS) is 21.3. The maximum absolute atomic E-state index is 13.0. The van der Waals surface area contributed by atoms with Crippen LogP contribution in [0.25, 0.3) is 0 Å². The van der Waals surface area contributed by atoms with Crippen molar-refractivity contribution in [3.8, 4) is 0 Å². The summed E-state index contributed by atoms with van der Waals surface area (Å²) in [6, 6.07) is 12.3. The molecular weight excluding hydrogens is 422 g/mol. The second-order valence-corrected chi connectivity index (χ2v) is 9.09. The van der Waals surface area contributed by atoms with Crippen molar-refractivity contribution in [2.75, 3.05) is 30.4 Å². The standard InChI is InChI=1S/C22H24ClN3O3S/c23-17-4-1-14(2-5-17)11-26-19-9-16(21(27)25-10-15-7-8-29-12-15)3-6-20(19)30-13-18(24)22(26)28/h1-6,9,15,18H,7-8,10-13,24H2,(H,25,27)/t15?,18-/m0/s1. The molecule has 2 aliphatic heterocycles. The zero-order valence-corrected chi connectivity index (χ0v) is 18.0. The van der Waals surface area contributed by atoms with Crippen LogP contribution in [0.5, 0.6) is 0 Å². The van der Waals surface area contributed by atoms with Crippen LogP contribution in [0.1, 0.15) is 22.3 Å². The highest BCUT2D eigenvalue weighted by Gasteiger charge is 2.29. The molecule has 1 saturated heterocycles. The number of fused-ring (bicyclic) bond motifs is 1. The predicted molar refractivity (Wildman–Crippen MR) is 119 cm³/mol. The van der Waals surface area contributed by atoms with Gasteiger partial charge in [0.05, 0.1) is 24.9 Å². The average molecular weight is 446 g/mol. The number of ether oxygens (including phenoxy) is 1. The molecule has 2 amide bonds. The van der Waals surface area contributed by atoms with Gasteiger partial charge in [-0.15, -0.1) is 11.8 Å². The lowest BCUT2D eigenvalue weighted by Gasteiger charge is -2.25. The number of halogens is 1. The molecule has 30 heavy (non-hydrogen) atoms. The number of carbonyl (C=O) groups is 2. The Labute approximate surface area is 185 Å². The van der Waals surface area contributed by atoms with Gasteiger partial charge in [-0.25, -0.2) is 0 Å². The summed E-state index contributed by atoms with van der Waals surface area (Å²) in [5.41, 5.74) is 8.29. The van der Waals surface area contributed by atoms with Crippen molar-refractivity contribution in [1.82, 2.24) is 5.32 Å². The van der Waals surface area contributed by atoms with E-state index in [4.69, 9.17) is 22.1 Å². The number of benzene rings is 2. The third kappa shape index (κ3) is 4.81.